The number of anilines is 1. The van der Waals surface area contributed by atoms with E-state index < -0.39 is 0 Å². The number of rotatable bonds is 3. The van der Waals surface area contributed by atoms with Crippen LogP contribution in [0.2, 0.25) is 0 Å². The van der Waals surface area contributed by atoms with E-state index in [1.54, 1.807) is 13.1 Å². The molecule has 0 fully saturated rings. The molecule has 2 aromatic heterocycles. The Morgan fingerprint density at radius 2 is 2.00 bits per heavy atom. The number of benzene rings is 1. The summed E-state index contributed by atoms with van der Waals surface area (Å²) in [6.07, 6.45) is 0. The number of aryl methyl sites for hydroxylation is 2. The highest BCUT2D eigenvalue weighted by molar-refractivity contribution is 6.01. The average Bonchev–Trinajstić information content (AvgIpc) is 3.06. The number of carbonyl (C=O) groups excluding carboxylic acids is 1. The van der Waals surface area contributed by atoms with E-state index in [9.17, 15) is 4.79 Å². The first-order chi connectivity index (χ1) is 10.1. The van der Waals surface area contributed by atoms with Crippen molar-refractivity contribution in [2.45, 2.75) is 6.92 Å². The number of carbonyl (C=O) groups is 1. The van der Waals surface area contributed by atoms with Crippen LogP contribution < -0.4 is 5.32 Å². The summed E-state index contributed by atoms with van der Waals surface area (Å²) in [6.45, 7) is 1.82. The molecule has 106 valence electrons. The van der Waals surface area contributed by atoms with Crippen molar-refractivity contribution in [3.05, 3.63) is 47.8 Å². The fraction of sp³-hybridized carbons (Fsp3) is 0.143. The third-order valence-corrected chi connectivity index (χ3v) is 2.90. The van der Waals surface area contributed by atoms with Crippen LogP contribution in [0.4, 0.5) is 6.01 Å². The summed E-state index contributed by atoms with van der Waals surface area (Å²) in [4.78, 5) is 12.1. The Labute approximate surface area is 120 Å². The molecule has 0 aliphatic carbocycles. The summed E-state index contributed by atoms with van der Waals surface area (Å²) in [7, 11) is 1.70. The summed E-state index contributed by atoms with van der Waals surface area (Å²) < 4.78 is 6.92. The SMILES string of the molecule is Cc1cc(C(=O)Nc2nnc(-c3ccccc3)o2)n(C)n1. The van der Waals surface area contributed by atoms with E-state index >= 15 is 0 Å². The van der Waals surface area contributed by atoms with Crippen molar-refractivity contribution in [2.75, 3.05) is 5.32 Å². The predicted molar refractivity (Wildman–Crippen MR) is 75.6 cm³/mol. The molecule has 0 radical (unpaired) electrons. The molecule has 0 atom stereocenters. The molecule has 0 aliphatic rings. The van der Waals surface area contributed by atoms with Crippen molar-refractivity contribution < 1.29 is 9.21 Å². The Kier molecular flexibility index (Phi) is 3.23. The van der Waals surface area contributed by atoms with E-state index in [1.807, 2.05) is 37.3 Å². The van der Waals surface area contributed by atoms with Crippen molar-refractivity contribution in [1.29, 1.82) is 0 Å². The van der Waals surface area contributed by atoms with Gasteiger partial charge in [-0.3, -0.25) is 14.8 Å². The van der Waals surface area contributed by atoms with Gasteiger partial charge in [0.2, 0.25) is 5.89 Å². The fourth-order valence-corrected chi connectivity index (χ4v) is 1.96. The lowest BCUT2D eigenvalue weighted by Crippen LogP contribution is -2.16. The molecule has 7 nitrogen and oxygen atoms in total. The van der Waals surface area contributed by atoms with Gasteiger partial charge in [-0.25, -0.2) is 0 Å². The van der Waals surface area contributed by atoms with Crippen LogP contribution in [-0.2, 0) is 7.05 Å². The van der Waals surface area contributed by atoms with Crippen LogP contribution in [0.25, 0.3) is 11.5 Å². The highest BCUT2D eigenvalue weighted by Crippen LogP contribution is 2.19. The number of nitrogens with zero attached hydrogens (tertiary/aromatic N) is 4. The minimum atomic E-state index is -0.346. The number of amides is 1. The normalized spacial score (nSPS) is 10.6. The summed E-state index contributed by atoms with van der Waals surface area (Å²) in [5, 5.41) is 14.4. The second-order valence-electron chi connectivity index (χ2n) is 4.53. The van der Waals surface area contributed by atoms with Crippen LogP contribution in [0, 0.1) is 6.92 Å². The second kappa shape index (κ2) is 5.20. The van der Waals surface area contributed by atoms with Crippen molar-refractivity contribution >= 4 is 11.9 Å². The number of nitrogens with one attached hydrogen (secondary N) is 1. The largest absolute Gasteiger partial charge is 0.403 e. The maximum Gasteiger partial charge on any atom is 0.322 e. The Morgan fingerprint density at radius 3 is 2.67 bits per heavy atom. The zero-order valence-corrected chi connectivity index (χ0v) is 11.6. The molecular formula is C14H13N5O2. The lowest BCUT2D eigenvalue weighted by Gasteiger charge is -2.00. The smallest absolute Gasteiger partial charge is 0.322 e. The molecule has 0 saturated carbocycles. The number of aromatic nitrogens is 4. The Bertz CT molecular complexity index is 776. The van der Waals surface area contributed by atoms with Gasteiger partial charge in [-0.05, 0) is 25.1 Å². The average molecular weight is 283 g/mol. The predicted octanol–water partition coefficient (Wildman–Crippen LogP) is 2.03. The molecule has 3 aromatic rings. The first kappa shape index (κ1) is 13.0. The van der Waals surface area contributed by atoms with Crippen LogP contribution >= 0.6 is 0 Å². The van der Waals surface area contributed by atoms with Gasteiger partial charge in [0.05, 0.1) is 5.69 Å². The molecular weight excluding hydrogens is 270 g/mol. The molecule has 0 bridgehead atoms. The van der Waals surface area contributed by atoms with Gasteiger partial charge >= 0.3 is 6.01 Å². The molecule has 1 amide bonds. The molecule has 3 rings (SSSR count). The molecule has 21 heavy (non-hydrogen) atoms. The maximum atomic E-state index is 12.1. The van der Waals surface area contributed by atoms with Gasteiger partial charge in [-0.2, -0.15) is 5.10 Å². The first-order valence-electron chi connectivity index (χ1n) is 6.34. The third-order valence-electron chi connectivity index (χ3n) is 2.90. The second-order valence-corrected chi connectivity index (χ2v) is 4.53. The van der Waals surface area contributed by atoms with E-state index in [4.69, 9.17) is 4.42 Å². The zero-order chi connectivity index (χ0) is 14.8. The minimum Gasteiger partial charge on any atom is -0.403 e. The van der Waals surface area contributed by atoms with E-state index in [0.717, 1.165) is 11.3 Å². The highest BCUT2D eigenvalue weighted by atomic mass is 16.4. The lowest BCUT2D eigenvalue weighted by molar-refractivity contribution is 0.101. The van der Waals surface area contributed by atoms with Crippen molar-refractivity contribution in [3.63, 3.8) is 0 Å². The molecule has 0 spiro atoms. The van der Waals surface area contributed by atoms with Crippen LogP contribution in [0.3, 0.4) is 0 Å². The highest BCUT2D eigenvalue weighted by Gasteiger charge is 2.15. The van der Waals surface area contributed by atoms with E-state index in [1.165, 1.54) is 4.68 Å². The van der Waals surface area contributed by atoms with E-state index in [2.05, 4.69) is 20.6 Å². The molecule has 1 aromatic carbocycles. The molecule has 0 aliphatic heterocycles. The zero-order valence-electron chi connectivity index (χ0n) is 11.6. The number of hydrogen-bond acceptors (Lipinski definition) is 5. The van der Waals surface area contributed by atoms with Gasteiger partial charge in [0.1, 0.15) is 5.69 Å². The summed E-state index contributed by atoms with van der Waals surface area (Å²) >= 11 is 0. The first-order valence-corrected chi connectivity index (χ1v) is 6.34. The number of hydrogen-bond donors (Lipinski definition) is 1. The summed E-state index contributed by atoms with van der Waals surface area (Å²) in [5.41, 5.74) is 1.98. The van der Waals surface area contributed by atoms with Gasteiger partial charge in [0.15, 0.2) is 0 Å². The Balaban J connectivity index is 1.79. The standard InChI is InChI=1S/C14H13N5O2/c1-9-8-11(19(2)18-9)12(20)15-14-17-16-13(21-14)10-6-4-3-5-7-10/h3-8H,1-2H3,(H,15,17,20). The van der Waals surface area contributed by atoms with Gasteiger partial charge < -0.3 is 4.42 Å². The lowest BCUT2D eigenvalue weighted by atomic mass is 10.2. The Hall–Kier alpha value is -2.96. The van der Waals surface area contributed by atoms with Gasteiger partial charge in [-0.15, -0.1) is 5.10 Å². The van der Waals surface area contributed by atoms with Crippen LogP contribution in [0.1, 0.15) is 16.2 Å². The molecule has 0 unspecified atom stereocenters. The molecule has 1 N–H and O–H groups in total. The van der Waals surface area contributed by atoms with Crippen molar-refractivity contribution in [3.8, 4) is 11.5 Å². The van der Waals surface area contributed by atoms with E-state index in [0.29, 0.717) is 11.6 Å². The monoisotopic (exact) mass is 283 g/mol. The van der Waals surface area contributed by atoms with Crippen molar-refractivity contribution in [2.24, 2.45) is 7.05 Å². The fourth-order valence-electron chi connectivity index (χ4n) is 1.96. The van der Waals surface area contributed by atoms with Crippen LogP contribution in [-0.4, -0.2) is 25.9 Å². The minimum absolute atomic E-state index is 0.0534. The molecule has 0 saturated heterocycles. The van der Waals surface area contributed by atoms with E-state index in [-0.39, 0.29) is 11.9 Å². The Morgan fingerprint density at radius 1 is 1.24 bits per heavy atom. The quantitative estimate of drug-likeness (QED) is 0.794. The van der Waals surface area contributed by atoms with Crippen LogP contribution in [0.5, 0.6) is 0 Å². The van der Waals surface area contributed by atoms with Gasteiger partial charge in [0.25, 0.3) is 5.91 Å². The maximum absolute atomic E-state index is 12.1. The third kappa shape index (κ3) is 2.66. The van der Waals surface area contributed by atoms with Gasteiger partial charge in [-0.1, -0.05) is 23.3 Å². The summed E-state index contributed by atoms with van der Waals surface area (Å²) in [6, 6.07) is 11.1. The topological polar surface area (TPSA) is 85.8 Å². The molecule has 2 heterocycles. The van der Waals surface area contributed by atoms with Crippen molar-refractivity contribution in [1.82, 2.24) is 20.0 Å². The van der Waals surface area contributed by atoms with Gasteiger partial charge in [0, 0.05) is 12.6 Å². The summed E-state index contributed by atoms with van der Waals surface area (Å²) in [5.74, 6) is 0.00782. The molecule has 7 heteroatoms. The van der Waals surface area contributed by atoms with Crippen LogP contribution in [0.15, 0.2) is 40.8 Å².